The number of allylic oxidation sites excluding steroid dienone is 2. The van der Waals surface area contributed by atoms with E-state index in [-0.39, 0.29) is 11.5 Å². The number of aliphatic hydroxyl groups excluding tert-OH is 1. The van der Waals surface area contributed by atoms with Crippen molar-refractivity contribution in [2.45, 2.75) is 13.3 Å². The lowest BCUT2D eigenvalue weighted by atomic mass is 10.0. The molecule has 0 radical (unpaired) electrons. The Morgan fingerprint density at radius 3 is 2.81 bits per heavy atom. The Labute approximate surface area is 94.4 Å². The van der Waals surface area contributed by atoms with Gasteiger partial charge < -0.3 is 10.2 Å². The van der Waals surface area contributed by atoms with Crippen LogP contribution in [0.2, 0.25) is 0 Å². The average Bonchev–Trinajstić information content (AvgIpc) is 2.27. The Bertz CT molecular complexity index is 431. The first-order chi connectivity index (χ1) is 7.69. The maximum Gasteiger partial charge on any atom is 0.189 e. The fourth-order valence-electron chi connectivity index (χ4n) is 1.31. The van der Waals surface area contributed by atoms with E-state index < -0.39 is 0 Å². The van der Waals surface area contributed by atoms with Gasteiger partial charge in [-0.05, 0) is 24.1 Å². The summed E-state index contributed by atoms with van der Waals surface area (Å²) in [5.74, 6) is -0.308. The highest BCUT2D eigenvalue weighted by atomic mass is 16.3. The molecule has 3 nitrogen and oxygen atoms in total. The van der Waals surface area contributed by atoms with Crippen LogP contribution in [0.25, 0.3) is 6.08 Å². The second kappa shape index (κ2) is 5.75. The number of carbonyl (C=O) groups excluding carboxylic acids is 1. The third kappa shape index (κ3) is 2.98. The summed E-state index contributed by atoms with van der Waals surface area (Å²) < 4.78 is 0. The van der Waals surface area contributed by atoms with Crippen LogP contribution in [-0.2, 0) is 0 Å². The Morgan fingerprint density at radius 1 is 1.44 bits per heavy atom. The van der Waals surface area contributed by atoms with Gasteiger partial charge in [0.1, 0.15) is 5.75 Å². The molecule has 0 aliphatic carbocycles. The first-order valence-electron chi connectivity index (χ1n) is 5.03. The van der Waals surface area contributed by atoms with E-state index in [1.807, 2.05) is 19.1 Å². The smallest absolute Gasteiger partial charge is 0.189 e. The maximum atomic E-state index is 11.6. The van der Waals surface area contributed by atoms with Gasteiger partial charge in [0, 0.05) is 11.6 Å². The van der Waals surface area contributed by atoms with Gasteiger partial charge in [0.25, 0.3) is 0 Å². The summed E-state index contributed by atoms with van der Waals surface area (Å²) >= 11 is 0. The Morgan fingerprint density at radius 2 is 2.19 bits per heavy atom. The minimum atomic E-state index is -0.339. The summed E-state index contributed by atoms with van der Waals surface area (Å²) in [7, 11) is 0. The van der Waals surface area contributed by atoms with E-state index in [1.54, 1.807) is 6.07 Å². The number of carbonyl (C=O) groups is 1. The number of ketones is 1. The summed E-state index contributed by atoms with van der Waals surface area (Å²) in [6.45, 7) is 1.99. The van der Waals surface area contributed by atoms with Crippen LogP contribution < -0.4 is 0 Å². The number of aromatic hydroxyl groups is 1. The van der Waals surface area contributed by atoms with Crippen LogP contribution in [0.3, 0.4) is 0 Å². The van der Waals surface area contributed by atoms with Crippen molar-refractivity contribution in [1.82, 2.24) is 0 Å². The van der Waals surface area contributed by atoms with Gasteiger partial charge in [0.15, 0.2) is 5.78 Å². The number of hydrogen-bond donors (Lipinski definition) is 2. The van der Waals surface area contributed by atoms with Gasteiger partial charge in [-0.15, -0.1) is 0 Å². The van der Waals surface area contributed by atoms with Crippen LogP contribution >= 0.6 is 0 Å². The predicted molar refractivity (Wildman–Crippen MR) is 63.5 cm³/mol. The number of hydrogen-bond acceptors (Lipinski definition) is 3. The van der Waals surface area contributed by atoms with Gasteiger partial charge in [-0.2, -0.15) is 0 Å². The first kappa shape index (κ1) is 12.0. The number of phenols is 1. The summed E-state index contributed by atoms with van der Waals surface area (Å²) in [5, 5.41) is 17.9. The zero-order valence-corrected chi connectivity index (χ0v) is 9.05. The molecule has 84 valence electrons. The van der Waals surface area contributed by atoms with Gasteiger partial charge in [0.05, 0.1) is 6.26 Å². The van der Waals surface area contributed by atoms with Gasteiger partial charge in [-0.3, -0.25) is 4.79 Å². The number of phenolic OH excluding ortho intramolecular Hbond substituents is 1. The lowest BCUT2D eigenvalue weighted by Gasteiger charge is -2.03. The Hall–Kier alpha value is -2.03. The molecule has 1 aromatic carbocycles. The fraction of sp³-hybridized carbons (Fsp3) is 0.154. The molecule has 2 N–H and O–H groups in total. The molecule has 1 aromatic rings. The van der Waals surface area contributed by atoms with Crippen molar-refractivity contribution >= 4 is 11.9 Å². The monoisotopic (exact) mass is 218 g/mol. The minimum absolute atomic E-state index is 0.0309. The van der Waals surface area contributed by atoms with E-state index in [1.165, 1.54) is 12.1 Å². The number of aliphatic hydroxyl groups is 1. The fourth-order valence-corrected chi connectivity index (χ4v) is 1.31. The molecule has 0 amide bonds. The summed E-state index contributed by atoms with van der Waals surface area (Å²) in [5.41, 5.74) is 1.10. The summed E-state index contributed by atoms with van der Waals surface area (Å²) in [4.78, 5) is 11.6. The van der Waals surface area contributed by atoms with Crippen molar-refractivity contribution in [3.8, 4) is 5.75 Å². The van der Waals surface area contributed by atoms with Gasteiger partial charge >= 0.3 is 0 Å². The van der Waals surface area contributed by atoms with Crippen molar-refractivity contribution in [3.05, 3.63) is 47.7 Å². The lowest BCUT2D eigenvalue weighted by Crippen LogP contribution is -1.97. The zero-order chi connectivity index (χ0) is 12.0. The van der Waals surface area contributed by atoms with E-state index >= 15 is 0 Å². The third-order valence-corrected chi connectivity index (χ3v) is 2.06. The minimum Gasteiger partial charge on any atom is -0.515 e. The van der Waals surface area contributed by atoms with Gasteiger partial charge in [-0.25, -0.2) is 0 Å². The van der Waals surface area contributed by atoms with Crippen LogP contribution in [0, 0.1) is 0 Å². The van der Waals surface area contributed by atoms with Gasteiger partial charge in [0.2, 0.25) is 0 Å². The molecule has 0 aliphatic rings. The molecule has 0 fully saturated rings. The number of benzene rings is 1. The molecule has 0 saturated heterocycles. The van der Waals surface area contributed by atoms with Crippen molar-refractivity contribution in [3.63, 3.8) is 0 Å². The second-order valence-electron chi connectivity index (χ2n) is 3.26. The molecule has 0 spiro atoms. The first-order valence-corrected chi connectivity index (χ1v) is 5.03. The van der Waals surface area contributed by atoms with Crippen LogP contribution in [0.15, 0.2) is 36.6 Å². The largest absolute Gasteiger partial charge is 0.515 e. The highest BCUT2D eigenvalue weighted by molar-refractivity contribution is 6.07. The van der Waals surface area contributed by atoms with E-state index in [0.29, 0.717) is 11.8 Å². The Balaban J connectivity index is 3.17. The van der Waals surface area contributed by atoms with Gasteiger partial charge in [-0.1, -0.05) is 25.1 Å². The third-order valence-electron chi connectivity index (χ3n) is 2.06. The summed E-state index contributed by atoms with van der Waals surface area (Å²) in [6, 6.07) is 4.58. The molecule has 1 rings (SSSR count). The molecular weight excluding hydrogens is 204 g/mol. The molecule has 0 saturated carbocycles. The maximum absolute atomic E-state index is 11.6. The summed E-state index contributed by atoms with van der Waals surface area (Å²) in [6.07, 6.45) is 6.35. The van der Waals surface area contributed by atoms with Crippen LogP contribution in [0.5, 0.6) is 5.75 Å². The van der Waals surface area contributed by atoms with E-state index in [0.717, 1.165) is 18.1 Å². The van der Waals surface area contributed by atoms with Crippen molar-refractivity contribution in [1.29, 1.82) is 0 Å². The lowest BCUT2D eigenvalue weighted by molar-refractivity contribution is 0.104. The molecule has 16 heavy (non-hydrogen) atoms. The molecule has 0 aromatic heterocycles. The Kier molecular flexibility index (Phi) is 4.33. The van der Waals surface area contributed by atoms with Crippen molar-refractivity contribution in [2.75, 3.05) is 0 Å². The zero-order valence-electron chi connectivity index (χ0n) is 9.05. The van der Waals surface area contributed by atoms with Crippen LogP contribution in [-0.4, -0.2) is 16.0 Å². The van der Waals surface area contributed by atoms with E-state index in [9.17, 15) is 9.90 Å². The normalized spacial score (nSPS) is 11.3. The van der Waals surface area contributed by atoms with Crippen LogP contribution in [0.1, 0.15) is 29.3 Å². The quantitative estimate of drug-likeness (QED) is 0.464. The highest BCUT2D eigenvalue weighted by Crippen LogP contribution is 2.19. The highest BCUT2D eigenvalue weighted by Gasteiger charge is 2.07. The van der Waals surface area contributed by atoms with E-state index in [4.69, 9.17) is 5.11 Å². The standard InChI is InChI=1S/C13H14O3/c1-2-3-4-10-5-6-11(15)9-12(10)13(16)7-8-14/h3-9,14-15H,2H2,1H3/b4-3-,8-7+. The van der Waals surface area contributed by atoms with E-state index in [2.05, 4.69) is 0 Å². The molecule has 0 aliphatic heterocycles. The number of rotatable bonds is 4. The second-order valence-corrected chi connectivity index (χ2v) is 3.26. The van der Waals surface area contributed by atoms with Crippen molar-refractivity contribution < 1.29 is 15.0 Å². The molecule has 3 heteroatoms. The van der Waals surface area contributed by atoms with Crippen LogP contribution in [0.4, 0.5) is 0 Å². The molecule has 0 heterocycles. The molecule has 0 unspecified atom stereocenters. The predicted octanol–water partition coefficient (Wildman–Crippen LogP) is 3.07. The topological polar surface area (TPSA) is 57.5 Å². The molecular formula is C13H14O3. The molecule has 0 atom stereocenters. The SMILES string of the molecule is CC/C=C\c1ccc(O)cc1C(=O)/C=C/O. The average molecular weight is 218 g/mol. The molecule has 0 bridgehead atoms. The van der Waals surface area contributed by atoms with Crippen molar-refractivity contribution in [2.24, 2.45) is 0 Å².